The second-order valence-electron chi connectivity index (χ2n) is 3.13. The van der Waals surface area contributed by atoms with E-state index >= 15 is 0 Å². The summed E-state index contributed by atoms with van der Waals surface area (Å²) in [6, 6.07) is 0. The van der Waals surface area contributed by atoms with Gasteiger partial charge in [-0.1, -0.05) is 6.58 Å². The van der Waals surface area contributed by atoms with Crippen LogP contribution in [0.4, 0.5) is 0 Å². The van der Waals surface area contributed by atoms with Crippen LogP contribution in [0.3, 0.4) is 0 Å². The van der Waals surface area contributed by atoms with Gasteiger partial charge in [0.15, 0.2) is 0 Å². The van der Waals surface area contributed by atoms with E-state index in [-0.39, 0.29) is 12.7 Å². The predicted octanol–water partition coefficient (Wildman–Crippen LogP) is 1.49. The third kappa shape index (κ3) is 2.31. The fraction of sp³-hybridized carbons (Fsp3) is 0.778. The molecule has 1 saturated heterocycles. The van der Waals surface area contributed by atoms with Gasteiger partial charge in [-0.2, -0.15) is 0 Å². The lowest BCUT2D eigenvalue weighted by atomic mass is 10.1. The largest absolute Gasteiger partial charge is 0.396 e. The number of hydrogen-bond acceptors (Lipinski definition) is 2. The first kappa shape index (κ1) is 8.75. The molecule has 2 nitrogen and oxygen atoms in total. The first-order valence-corrected chi connectivity index (χ1v) is 4.18. The van der Waals surface area contributed by atoms with Gasteiger partial charge in [-0.15, -0.1) is 0 Å². The van der Waals surface area contributed by atoms with Gasteiger partial charge in [0, 0.05) is 6.61 Å². The predicted molar refractivity (Wildman–Crippen MR) is 44.4 cm³/mol. The Bertz CT molecular complexity index is 142. The van der Waals surface area contributed by atoms with E-state index in [2.05, 4.69) is 6.58 Å². The van der Waals surface area contributed by atoms with Crippen LogP contribution in [0.15, 0.2) is 12.2 Å². The molecule has 1 fully saturated rings. The minimum absolute atomic E-state index is 0.221. The van der Waals surface area contributed by atoms with E-state index in [1.165, 1.54) is 5.57 Å². The van der Waals surface area contributed by atoms with E-state index in [4.69, 9.17) is 9.84 Å². The van der Waals surface area contributed by atoms with Crippen LogP contribution in [0.2, 0.25) is 0 Å². The van der Waals surface area contributed by atoms with Crippen LogP contribution in [-0.2, 0) is 4.74 Å². The van der Waals surface area contributed by atoms with Crippen molar-refractivity contribution in [2.75, 3.05) is 6.61 Å². The Labute approximate surface area is 67.9 Å². The fourth-order valence-corrected chi connectivity index (χ4v) is 1.38. The molecule has 1 aliphatic heterocycles. The zero-order chi connectivity index (χ0) is 8.27. The van der Waals surface area contributed by atoms with Crippen LogP contribution < -0.4 is 0 Å². The Morgan fingerprint density at radius 3 is 2.91 bits per heavy atom. The van der Waals surface area contributed by atoms with Crippen molar-refractivity contribution in [1.82, 2.24) is 0 Å². The average Bonchev–Trinajstić information content (AvgIpc) is 2.28. The van der Waals surface area contributed by atoms with Gasteiger partial charge >= 0.3 is 0 Å². The monoisotopic (exact) mass is 156 g/mol. The van der Waals surface area contributed by atoms with E-state index in [1.54, 1.807) is 0 Å². The van der Waals surface area contributed by atoms with E-state index < -0.39 is 0 Å². The van der Waals surface area contributed by atoms with Gasteiger partial charge in [-0.25, -0.2) is 0 Å². The van der Waals surface area contributed by atoms with E-state index in [1.807, 2.05) is 6.92 Å². The molecule has 1 rings (SSSR count). The lowest BCUT2D eigenvalue weighted by Crippen LogP contribution is -2.08. The van der Waals surface area contributed by atoms with Crippen molar-refractivity contribution < 1.29 is 9.84 Å². The van der Waals surface area contributed by atoms with Gasteiger partial charge in [-0.3, -0.25) is 0 Å². The van der Waals surface area contributed by atoms with Crippen LogP contribution in [0, 0.1) is 0 Å². The highest BCUT2D eigenvalue weighted by Gasteiger charge is 2.24. The summed E-state index contributed by atoms with van der Waals surface area (Å²) in [5.74, 6) is 0. The summed E-state index contributed by atoms with van der Waals surface area (Å²) in [6.45, 7) is 6.20. The van der Waals surface area contributed by atoms with Crippen LogP contribution in [0.25, 0.3) is 0 Å². The Hall–Kier alpha value is -0.340. The molecule has 2 atom stereocenters. The Morgan fingerprint density at radius 2 is 2.45 bits per heavy atom. The third-order valence-electron chi connectivity index (χ3n) is 2.15. The highest BCUT2D eigenvalue weighted by Crippen LogP contribution is 2.26. The molecule has 1 heterocycles. The number of aliphatic hydroxyl groups excluding tert-OH is 1. The molecule has 1 N–H and O–H groups in total. The van der Waals surface area contributed by atoms with Gasteiger partial charge in [0.2, 0.25) is 0 Å². The maximum absolute atomic E-state index is 8.58. The van der Waals surface area contributed by atoms with Gasteiger partial charge in [0.05, 0.1) is 12.2 Å². The van der Waals surface area contributed by atoms with E-state index in [0.29, 0.717) is 6.10 Å². The summed E-state index contributed by atoms with van der Waals surface area (Å²) < 4.78 is 5.56. The van der Waals surface area contributed by atoms with Crippen molar-refractivity contribution in [3.05, 3.63) is 12.2 Å². The first-order valence-electron chi connectivity index (χ1n) is 4.18. The summed E-state index contributed by atoms with van der Waals surface area (Å²) in [5.41, 5.74) is 1.19. The lowest BCUT2D eigenvalue weighted by molar-refractivity contribution is 0.0526. The second kappa shape index (κ2) is 3.88. The van der Waals surface area contributed by atoms with Crippen molar-refractivity contribution in [3.8, 4) is 0 Å². The summed E-state index contributed by atoms with van der Waals surface area (Å²) in [4.78, 5) is 0. The van der Waals surface area contributed by atoms with Crippen LogP contribution in [0.5, 0.6) is 0 Å². The molecular weight excluding hydrogens is 140 g/mol. The first-order chi connectivity index (χ1) is 5.24. The number of hydrogen-bond donors (Lipinski definition) is 1. The molecular formula is C9H16O2. The number of ether oxygens (including phenoxy) is 1. The van der Waals surface area contributed by atoms with E-state index in [0.717, 1.165) is 19.3 Å². The zero-order valence-electron chi connectivity index (χ0n) is 7.05. The molecule has 0 aromatic rings. The highest BCUT2D eigenvalue weighted by molar-refractivity contribution is 5.07. The zero-order valence-corrected chi connectivity index (χ0v) is 7.05. The molecule has 0 aliphatic carbocycles. The van der Waals surface area contributed by atoms with Crippen molar-refractivity contribution in [2.24, 2.45) is 0 Å². The quantitative estimate of drug-likeness (QED) is 0.627. The average molecular weight is 156 g/mol. The van der Waals surface area contributed by atoms with Gasteiger partial charge in [-0.05, 0) is 31.8 Å². The minimum Gasteiger partial charge on any atom is -0.396 e. The van der Waals surface area contributed by atoms with Gasteiger partial charge in [0.1, 0.15) is 0 Å². The summed E-state index contributed by atoms with van der Waals surface area (Å²) in [5, 5.41) is 8.58. The number of aliphatic hydroxyl groups is 1. The molecule has 2 heteroatoms. The number of rotatable bonds is 3. The molecule has 1 aliphatic rings. The lowest BCUT2D eigenvalue weighted by Gasteiger charge is -2.08. The maximum Gasteiger partial charge on any atom is 0.0759 e. The molecule has 0 spiro atoms. The molecule has 0 amide bonds. The summed E-state index contributed by atoms with van der Waals surface area (Å²) >= 11 is 0. The standard InChI is InChI=1S/C9H16O2/c1-7-6-9(4-3-5-10)11-8(7)2/h8-10H,1,3-6H2,2H3. The molecule has 0 radical (unpaired) electrons. The molecule has 64 valence electrons. The molecule has 0 aromatic heterocycles. The molecule has 0 bridgehead atoms. The van der Waals surface area contributed by atoms with Crippen molar-refractivity contribution in [3.63, 3.8) is 0 Å². The fourth-order valence-electron chi connectivity index (χ4n) is 1.38. The molecule has 0 aromatic carbocycles. The Morgan fingerprint density at radius 1 is 1.73 bits per heavy atom. The second-order valence-corrected chi connectivity index (χ2v) is 3.13. The van der Waals surface area contributed by atoms with Crippen molar-refractivity contribution in [1.29, 1.82) is 0 Å². The van der Waals surface area contributed by atoms with E-state index in [9.17, 15) is 0 Å². The van der Waals surface area contributed by atoms with Crippen LogP contribution in [-0.4, -0.2) is 23.9 Å². The summed E-state index contributed by atoms with van der Waals surface area (Å²) in [6.07, 6.45) is 3.30. The van der Waals surface area contributed by atoms with Crippen LogP contribution in [0.1, 0.15) is 26.2 Å². The maximum atomic E-state index is 8.58. The molecule has 2 unspecified atom stereocenters. The molecule has 0 saturated carbocycles. The molecule has 11 heavy (non-hydrogen) atoms. The van der Waals surface area contributed by atoms with Gasteiger partial charge < -0.3 is 9.84 Å². The van der Waals surface area contributed by atoms with Gasteiger partial charge in [0.25, 0.3) is 0 Å². The SMILES string of the molecule is C=C1CC(CCCO)OC1C. The van der Waals surface area contributed by atoms with Crippen molar-refractivity contribution in [2.45, 2.75) is 38.4 Å². The minimum atomic E-state index is 0.221. The Kier molecular flexibility index (Phi) is 3.09. The summed E-state index contributed by atoms with van der Waals surface area (Å²) in [7, 11) is 0. The normalized spacial score (nSPS) is 31.3. The van der Waals surface area contributed by atoms with Crippen molar-refractivity contribution >= 4 is 0 Å². The highest BCUT2D eigenvalue weighted by atomic mass is 16.5. The van der Waals surface area contributed by atoms with Crippen LogP contribution >= 0.6 is 0 Å². The Balaban J connectivity index is 2.24. The third-order valence-corrected chi connectivity index (χ3v) is 2.15. The smallest absolute Gasteiger partial charge is 0.0759 e. The topological polar surface area (TPSA) is 29.5 Å².